The molecule has 0 saturated carbocycles. The normalized spacial score (nSPS) is 12.9. The Bertz CT molecular complexity index is 591. The molecule has 1 unspecified atom stereocenters. The van der Waals surface area contributed by atoms with E-state index in [0.29, 0.717) is 6.42 Å². The first kappa shape index (κ1) is 28.1. The molecule has 0 fully saturated rings. The fourth-order valence-corrected chi connectivity index (χ4v) is 3.39. The molecule has 0 aromatic heterocycles. The van der Waals surface area contributed by atoms with E-state index in [4.69, 9.17) is 4.18 Å². The predicted molar refractivity (Wildman–Crippen MR) is 120 cm³/mol. The molecule has 0 amide bonds. The number of unbranched alkanes of at least 4 members (excludes halogenated alkanes) is 9. The average Bonchev–Trinajstić information content (AvgIpc) is 2.60. The fourth-order valence-electron chi connectivity index (χ4n) is 2.90. The van der Waals surface area contributed by atoms with Crippen LogP contribution in [0.25, 0.3) is 0 Å². The Morgan fingerprint density at radius 1 is 0.828 bits per heavy atom. The Morgan fingerprint density at radius 2 is 1.24 bits per heavy atom. The smallest absolute Gasteiger partial charge is 0.218 e. The lowest BCUT2D eigenvalue weighted by atomic mass is 10.0. The molecule has 170 valence electrons. The van der Waals surface area contributed by atoms with E-state index in [9.17, 15) is 13.0 Å². The summed E-state index contributed by atoms with van der Waals surface area (Å²) < 4.78 is 38.5. The van der Waals surface area contributed by atoms with E-state index in [1.807, 2.05) is 18.2 Å². The quantitative estimate of drug-likeness (QED) is 0.161. The monoisotopic (exact) mass is 429 g/mol. The first-order chi connectivity index (χ1) is 13.5. The lowest BCUT2D eigenvalue weighted by molar-refractivity contribution is -0.849. The summed E-state index contributed by atoms with van der Waals surface area (Å²) in [5.74, 6) is 0. The number of nitrogens with zero attached hydrogens (tertiary/aromatic N) is 1. The van der Waals surface area contributed by atoms with Crippen LogP contribution in [-0.2, 0) is 14.6 Å². The van der Waals surface area contributed by atoms with Crippen LogP contribution in [0.15, 0.2) is 30.3 Å². The van der Waals surface area contributed by atoms with Crippen LogP contribution in [0.1, 0.15) is 89.2 Å². The maximum Gasteiger partial charge on any atom is 0.218 e. The third kappa shape index (κ3) is 21.6. The molecule has 0 N–H and O–H groups in total. The Kier molecular flexibility index (Phi) is 15.3. The molecule has 0 saturated heterocycles. The number of hydrogen-bond acceptors (Lipinski definition) is 4. The second kappa shape index (κ2) is 15.8. The van der Waals surface area contributed by atoms with Gasteiger partial charge in [0.05, 0.1) is 28.2 Å². The van der Waals surface area contributed by atoms with Gasteiger partial charge in [-0.05, 0) is 12.0 Å². The molecule has 1 aromatic carbocycles. The summed E-state index contributed by atoms with van der Waals surface area (Å²) in [6.07, 6.45) is 12.1. The molecule has 0 radical (unpaired) electrons. The van der Waals surface area contributed by atoms with Crippen molar-refractivity contribution in [1.29, 1.82) is 0 Å². The van der Waals surface area contributed by atoms with Gasteiger partial charge in [0.1, 0.15) is 6.10 Å². The van der Waals surface area contributed by atoms with Crippen molar-refractivity contribution in [2.24, 2.45) is 0 Å². The number of hydrogen-bond donors (Lipinski definition) is 0. The number of rotatable bonds is 14. The zero-order chi connectivity index (χ0) is 22.2. The van der Waals surface area contributed by atoms with Crippen LogP contribution in [-0.4, -0.2) is 45.6 Å². The largest absolute Gasteiger partial charge is 0.726 e. The third-order valence-electron chi connectivity index (χ3n) is 4.23. The summed E-state index contributed by atoms with van der Waals surface area (Å²) in [6.45, 7) is 2.23. The molecular weight excluding hydrogens is 386 g/mol. The van der Waals surface area contributed by atoms with Crippen LogP contribution in [0.4, 0.5) is 0 Å². The molecule has 0 aliphatic rings. The molecule has 1 atom stereocenters. The van der Waals surface area contributed by atoms with Crippen molar-refractivity contribution < 1.29 is 21.6 Å². The van der Waals surface area contributed by atoms with E-state index in [1.54, 1.807) is 12.1 Å². The maximum atomic E-state index is 10.9. The number of quaternary nitrogens is 1. The van der Waals surface area contributed by atoms with E-state index in [2.05, 4.69) is 35.1 Å². The summed E-state index contributed by atoms with van der Waals surface area (Å²) in [5.41, 5.74) is 0.743. The van der Waals surface area contributed by atoms with Crippen LogP contribution in [0.5, 0.6) is 0 Å². The molecule has 29 heavy (non-hydrogen) atoms. The zero-order valence-corrected chi connectivity index (χ0v) is 20.0. The molecule has 0 aliphatic heterocycles. The van der Waals surface area contributed by atoms with Crippen molar-refractivity contribution in [1.82, 2.24) is 0 Å². The average molecular weight is 430 g/mol. The Morgan fingerprint density at radius 3 is 1.66 bits per heavy atom. The van der Waals surface area contributed by atoms with Crippen LogP contribution in [0, 0.1) is 0 Å². The Balaban J connectivity index is 0.00000139. The van der Waals surface area contributed by atoms with E-state index in [-0.39, 0.29) is 0 Å². The van der Waals surface area contributed by atoms with Gasteiger partial charge in [0.2, 0.25) is 10.4 Å². The van der Waals surface area contributed by atoms with Crippen molar-refractivity contribution in [2.75, 3.05) is 28.2 Å². The molecule has 1 rings (SSSR count). The Hall–Kier alpha value is -0.950. The first-order valence-electron chi connectivity index (χ1n) is 11.0. The molecule has 0 heterocycles. The van der Waals surface area contributed by atoms with Crippen molar-refractivity contribution >= 4 is 10.4 Å². The predicted octanol–water partition coefficient (Wildman–Crippen LogP) is 5.84. The molecular formula is C23H43NO4S. The summed E-state index contributed by atoms with van der Waals surface area (Å²) in [4.78, 5) is 0. The number of benzene rings is 1. The Labute approximate surface area is 180 Å². The van der Waals surface area contributed by atoms with Crippen molar-refractivity contribution in [3.05, 3.63) is 35.9 Å². The van der Waals surface area contributed by atoms with Gasteiger partial charge in [0.15, 0.2) is 0 Å². The highest BCUT2D eigenvalue weighted by molar-refractivity contribution is 7.80. The summed E-state index contributed by atoms with van der Waals surface area (Å²) in [5, 5.41) is 0. The van der Waals surface area contributed by atoms with Gasteiger partial charge >= 0.3 is 0 Å². The van der Waals surface area contributed by atoms with Gasteiger partial charge in [0, 0.05) is 0 Å². The first-order valence-corrected chi connectivity index (χ1v) is 12.3. The molecule has 5 nitrogen and oxygen atoms in total. The standard InChI is InChI=1S/C19H32O4S.C4H12N/c1-2-3-4-5-6-7-8-9-10-14-17-19(23-24(20,21)22)18-15-12-11-13-16-18;1-5(2,3)4/h11-13,15-16,19H,2-10,14,17H2,1H3,(H,20,21,22);1-4H3/q;+1/p-1. The van der Waals surface area contributed by atoms with Crippen LogP contribution in [0.2, 0.25) is 0 Å². The minimum Gasteiger partial charge on any atom is -0.726 e. The van der Waals surface area contributed by atoms with Gasteiger partial charge in [-0.3, -0.25) is 4.18 Å². The van der Waals surface area contributed by atoms with E-state index >= 15 is 0 Å². The van der Waals surface area contributed by atoms with Gasteiger partial charge in [0.25, 0.3) is 0 Å². The van der Waals surface area contributed by atoms with E-state index < -0.39 is 16.5 Å². The summed E-state index contributed by atoms with van der Waals surface area (Å²) in [6, 6.07) is 9.09. The second-order valence-electron chi connectivity index (χ2n) is 9.06. The summed E-state index contributed by atoms with van der Waals surface area (Å²) in [7, 11) is 3.82. The van der Waals surface area contributed by atoms with Crippen molar-refractivity contribution in [2.45, 2.75) is 83.7 Å². The fraction of sp³-hybridized carbons (Fsp3) is 0.739. The molecule has 0 spiro atoms. The highest BCUT2D eigenvalue weighted by Gasteiger charge is 2.14. The van der Waals surface area contributed by atoms with Crippen molar-refractivity contribution in [3.63, 3.8) is 0 Å². The summed E-state index contributed by atoms with van der Waals surface area (Å²) >= 11 is 0. The zero-order valence-electron chi connectivity index (χ0n) is 19.2. The topological polar surface area (TPSA) is 66.4 Å². The van der Waals surface area contributed by atoms with Gasteiger partial charge < -0.3 is 9.04 Å². The lowest BCUT2D eigenvalue weighted by Crippen LogP contribution is -2.27. The highest BCUT2D eigenvalue weighted by Crippen LogP contribution is 2.25. The van der Waals surface area contributed by atoms with Crippen LogP contribution < -0.4 is 0 Å². The molecule has 0 bridgehead atoms. The van der Waals surface area contributed by atoms with E-state index in [0.717, 1.165) is 29.3 Å². The third-order valence-corrected chi connectivity index (χ3v) is 4.69. The minimum absolute atomic E-state index is 0.558. The van der Waals surface area contributed by atoms with Crippen LogP contribution >= 0.6 is 0 Å². The van der Waals surface area contributed by atoms with Crippen molar-refractivity contribution in [3.8, 4) is 0 Å². The lowest BCUT2D eigenvalue weighted by Gasteiger charge is -2.19. The van der Waals surface area contributed by atoms with Crippen LogP contribution in [0.3, 0.4) is 0 Å². The second-order valence-corrected chi connectivity index (χ2v) is 10.1. The minimum atomic E-state index is -4.68. The van der Waals surface area contributed by atoms with E-state index in [1.165, 1.54) is 44.9 Å². The van der Waals surface area contributed by atoms with Gasteiger partial charge in [-0.1, -0.05) is 101 Å². The van der Waals surface area contributed by atoms with Gasteiger partial charge in [-0.25, -0.2) is 8.42 Å². The van der Waals surface area contributed by atoms with Gasteiger partial charge in [-0.2, -0.15) is 0 Å². The molecule has 1 aromatic rings. The SMILES string of the molecule is CCCCCCCCCCCCC(OS(=O)(=O)[O-])c1ccccc1.C[N+](C)(C)C. The molecule has 0 aliphatic carbocycles. The maximum absolute atomic E-state index is 10.9. The molecule has 6 heteroatoms. The highest BCUT2D eigenvalue weighted by atomic mass is 32.3. The van der Waals surface area contributed by atoms with Gasteiger partial charge in [-0.15, -0.1) is 0 Å².